The second kappa shape index (κ2) is 9.12. The molecule has 2 aromatic carbocycles. The van der Waals surface area contributed by atoms with E-state index in [1.165, 1.54) is 22.8 Å². The van der Waals surface area contributed by atoms with Gasteiger partial charge in [0, 0.05) is 18.5 Å². The molecule has 4 rings (SSSR count). The molecule has 2 heterocycles. The normalized spacial score (nSPS) is 13.9. The maximum Gasteiger partial charge on any atom is 0.335 e. The smallest absolute Gasteiger partial charge is 0.335 e. The van der Waals surface area contributed by atoms with Crippen LogP contribution < -0.4 is 15.0 Å². The molecule has 0 aliphatic carbocycles. The van der Waals surface area contributed by atoms with Gasteiger partial charge in [0.15, 0.2) is 11.5 Å². The summed E-state index contributed by atoms with van der Waals surface area (Å²) in [5.41, 5.74) is 1.99. The van der Waals surface area contributed by atoms with Gasteiger partial charge in [0.2, 0.25) is 0 Å². The summed E-state index contributed by atoms with van der Waals surface area (Å²) in [5.74, 6) is 0.311. The molecule has 6 nitrogen and oxygen atoms in total. The molecule has 8 heteroatoms. The minimum atomic E-state index is -0.987. The van der Waals surface area contributed by atoms with Crippen LogP contribution in [0.4, 0.5) is 0 Å². The predicted molar refractivity (Wildman–Crippen MR) is 127 cm³/mol. The second-order valence-corrected chi connectivity index (χ2v) is 9.38. The van der Waals surface area contributed by atoms with Crippen LogP contribution in [0.1, 0.15) is 41.0 Å². The van der Waals surface area contributed by atoms with Gasteiger partial charge in [0.05, 0.1) is 16.3 Å². The van der Waals surface area contributed by atoms with Crippen LogP contribution in [-0.4, -0.2) is 21.2 Å². The van der Waals surface area contributed by atoms with Crippen molar-refractivity contribution in [2.75, 3.05) is 0 Å². The van der Waals surface area contributed by atoms with Gasteiger partial charge in [-0.3, -0.25) is 4.79 Å². The van der Waals surface area contributed by atoms with Gasteiger partial charge in [-0.2, -0.15) is 0 Å². The van der Waals surface area contributed by atoms with E-state index in [0.717, 1.165) is 17.5 Å². The van der Waals surface area contributed by atoms with Crippen LogP contribution in [0.25, 0.3) is 0 Å². The van der Waals surface area contributed by atoms with E-state index in [0.29, 0.717) is 35.2 Å². The second-order valence-electron chi connectivity index (χ2n) is 8.57. The summed E-state index contributed by atoms with van der Waals surface area (Å²) in [6, 6.07) is 13.7. The van der Waals surface area contributed by atoms with Gasteiger partial charge in [-0.05, 0) is 50.1 Å². The Hall–Kier alpha value is -2.96. The molecule has 172 valence electrons. The van der Waals surface area contributed by atoms with Gasteiger partial charge in [-0.1, -0.05) is 47.5 Å². The molecule has 0 amide bonds. The van der Waals surface area contributed by atoms with Crippen LogP contribution in [0, 0.1) is 0 Å². The van der Waals surface area contributed by atoms with Crippen molar-refractivity contribution in [3.05, 3.63) is 91.3 Å². The van der Waals surface area contributed by atoms with Crippen LogP contribution in [0.3, 0.4) is 0 Å². The first-order chi connectivity index (χ1) is 15.6. The summed E-state index contributed by atoms with van der Waals surface area (Å²) < 4.78 is 13.6. The standard InChI is InChI=1S/C25H23Cl2NO5/c1-25(2)13-17-4-3-5-21(22(17)33-25)32-14-20-18(26)12-19(27)23(29)28(20)11-10-15-6-8-16(9-7-15)24(30)31/h3-9,12H,10-11,13-14H2,1-2H3,(H,30,31). The molecule has 3 aromatic rings. The van der Waals surface area contributed by atoms with Crippen LogP contribution in [-0.2, 0) is 26.0 Å². The molecule has 0 atom stereocenters. The Labute approximate surface area is 201 Å². The third-order valence-electron chi connectivity index (χ3n) is 5.55. The summed E-state index contributed by atoms with van der Waals surface area (Å²) in [4.78, 5) is 23.9. The summed E-state index contributed by atoms with van der Waals surface area (Å²) in [5, 5.41) is 9.41. The summed E-state index contributed by atoms with van der Waals surface area (Å²) in [6.07, 6.45) is 1.27. The number of aromatic nitrogens is 1. The van der Waals surface area contributed by atoms with Gasteiger partial charge in [0.25, 0.3) is 5.56 Å². The number of carbonyl (C=O) groups is 1. The molecule has 0 spiro atoms. The van der Waals surface area contributed by atoms with Gasteiger partial charge in [-0.25, -0.2) is 4.79 Å². The highest BCUT2D eigenvalue weighted by molar-refractivity contribution is 6.34. The molecule has 1 aliphatic heterocycles. The van der Waals surface area contributed by atoms with E-state index in [-0.39, 0.29) is 28.4 Å². The molecule has 0 radical (unpaired) electrons. The topological polar surface area (TPSA) is 77.8 Å². The van der Waals surface area contributed by atoms with Gasteiger partial charge < -0.3 is 19.1 Å². The Morgan fingerprint density at radius 3 is 2.58 bits per heavy atom. The lowest BCUT2D eigenvalue weighted by molar-refractivity contribution is 0.0697. The molecule has 1 N–H and O–H groups in total. The lowest BCUT2D eigenvalue weighted by Crippen LogP contribution is -2.26. The fraction of sp³-hybridized carbons (Fsp3) is 0.280. The Morgan fingerprint density at radius 2 is 1.88 bits per heavy atom. The molecule has 0 saturated carbocycles. The number of ether oxygens (including phenoxy) is 2. The minimum Gasteiger partial charge on any atom is -0.483 e. The molecular formula is C25H23Cl2NO5. The highest BCUT2D eigenvalue weighted by atomic mass is 35.5. The quantitative estimate of drug-likeness (QED) is 0.483. The predicted octanol–water partition coefficient (Wildman–Crippen LogP) is 5.39. The number of benzene rings is 2. The number of halogens is 2. The molecule has 0 bridgehead atoms. The van der Waals surface area contributed by atoms with E-state index in [1.54, 1.807) is 12.1 Å². The van der Waals surface area contributed by atoms with Crippen molar-refractivity contribution in [3.8, 4) is 11.5 Å². The van der Waals surface area contributed by atoms with Crippen molar-refractivity contribution < 1.29 is 19.4 Å². The maximum atomic E-state index is 12.8. The summed E-state index contributed by atoms with van der Waals surface area (Å²) >= 11 is 12.6. The number of aryl methyl sites for hydroxylation is 1. The first kappa shape index (κ1) is 23.2. The van der Waals surface area contributed by atoms with Gasteiger partial charge in [-0.15, -0.1) is 0 Å². The van der Waals surface area contributed by atoms with Crippen LogP contribution in [0.2, 0.25) is 10.0 Å². The molecule has 1 aliphatic rings. The molecule has 0 saturated heterocycles. The number of carboxylic acid groups (broad SMARTS) is 1. The maximum absolute atomic E-state index is 12.8. The molecule has 0 unspecified atom stereocenters. The Kier molecular flexibility index (Phi) is 6.41. The third kappa shape index (κ3) is 5.02. The summed E-state index contributed by atoms with van der Waals surface area (Å²) in [6.45, 7) is 4.41. The molecule has 0 fully saturated rings. The number of fused-ring (bicyclic) bond motifs is 1. The van der Waals surface area contributed by atoms with Crippen molar-refractivity contribution >= 4 is 29.2 Å². The first-order valence-electron chi connectivity index (χ1n) is 10.5. The Bertz CT molecular complexity index is 1270. The number of hydrogen-bond donors (Lipinski definition) is 1. The highest BCUT2D eigenvalue weighted by Crippen LogP contribution is 2.42. The zero-order valence-electron chi connectivity index (χ0n) is 18.2. The van der Waals surface area contributed by atoms with Crippen molar-refractivity contribution in [1.29, 1.82) is 0 Å². The third-order valence-corrected chi connectivity index (χ3v) is 6.15. The number of pyridine rings is 1. The lowest BCUT2D eigenvalue weighted by Gasteiger charge is -2.19. The summed E-state index contributed by atoms with van der Waals surface area (Å²) in [7, 11) is 0. The van der Waals surface area contributed by atoms with Crippen molar-refractivity contribution in [1.82, 2.24) is 4.57 Å². The average molecular weight is 488 g/mol. The SMILES string of the molecule is CC1(C)Cc2cccc(OCc3c(Cl)cc(Cl)c(=O)n3CCc3ccc(C(=O)O)cc3)c2O1. The van der Waals surface area contributed by atoms with Crippen LogP contribution >= 0.6 is 23.2 Å². The number of hydrogen-bond acceptors (Lipinski definition) is 4. The minimum absolute atomic E-state index is 0.0238. The van der Waals surface area contributed by atoms with E-state index in [9.17, 15) is 9.59 Å². The average Bonchev–Trinajstić information content (AvgIpc) is 3.09. The van der Waals surface area contributed by atoms with E-state index >= 15 is 0 Å². The van der Waals surface area contributed by atoms with Crippen LogP contribution in [0.15, 0.2) is 53.3 Å². The van der Waals surface area contributed by atoms with Gasteiger partial charge >= 0.3 is 5.97 Å². The number of aromatic carboxylic acids is 1. The number of rotatable bonds is 7. The van der Waals surface area contributed by atoms with Gasteiger partial charge in [0.1, 0.15) is 17.2 Å². The van der Waals surface area contributed by atoms with Crippen LogP contribution in [0.5, 0.6) is 11.5 Å². The van der Waals surface area contributed by atoms with Crippen molar-refractivity contribution in [3.63, 3.8) is 0 Å². The molecule has 1 aromatic heterocycles. The molecule has 33 heavy (non-hydrogen) atoms. The largest absolute Gasteiger partial charge is 0.483 e. The first-order valence-corrected chi connectivity index (χ1v) is 11.2. The highest BCUT2D eigenvalue weighted by Gasteiger charge is 2.32. The van der Waals surface area contributed by atoms with Crippen molar-refractivity contribution in [2.24, 2.45) is 0 Å². The number of para-hydroxylation sites is 1. The van der Waals surface area contributed by atoms with E-state index < -0.39 is 5.97 Å². The van der Waals surface area contributed by atoms with E-state index in [2.05, 4.69) is 0 Å². The Morgan fingerprint density at radius 1 is 1.15 bits per heavy atom. The van der Waals surface area contributed by atoms with E-state index in [4.69, 9.17) is 37.8 Å². The zero-order chi connectivity index (χ0) is 23.8. The number of nitrogens with zero attached hydrogens (tertiary/aromatic N) is 1. The zero-order valence-corrected chi connectivity index (χ0v) is 19.7. The van der Waals surface area contributed by atoms with Crippen molar-refractivity contribution in [2.45, 2.75) is 45.4 Å². The monoisotopic (exact) mass is 487 g/mol. The fourth-order valence-corrected chi connectivity index (χ4v) is 4.45. The lowest BCUT2D eigenvalue weighted by atomic mass is 10.0. The fourth-order valence-electron chi connectivity index (χ4n) is 3.92. The molecular weight excluding hydrogens is 465 g/mol. The number of carboxylic acids is 1. The Balaban J connectivity index is 1.57. The van der Waals surface area contributed by atoms with E-state index in [1.807, 2.05) is 32.0 Å².